The maximum Gasteiger partial charge on any atom is 0.252 e. The molecule has 1 saturated heterocycles. The van der Waals surface area contributed by atoms with Crippen molar-refractivity contribution < 1.29 is 18.0 Å². The topological polar surface area (TPSA) is 93.3 Å². The SMILES string of the molecule is O=S1(=O)CCCC(c2noc(CO)n2)C1. The van der Waals surface area contributed by atoms with Crippen molar-refractivity contribution in [1.82, 2.24) is 10.1 Å². The van der Waals surface area contributed by atoms with Gasteiger partial charge in [0, 0.05) is 5.92 Å². The Morgan fingerprint density at radius 3 is 2.93 bits per heavy atom. The van der Waals surface area contributed by atoms with E-state index in [1.165, 1.54) is 0 Å². The fourth-order valence-electron chi connectivity index (χ4n) is 1.72. The van der Waals surface area contributed by atoms with Crippen LogP contribution < -0.4 is 0 Å². The predicted molar refractivity (Wildman–Crippen MR) is 50.8 cm³/mol. The number of rotatable bonds is 2. The Labute approximate surface area is 87.2 Å². The van der Waals surface area contributed by atoms with Crippen LogP contribution in [0.15, 0.2) is 4.52 Å². The smallest absolute Gasteiger partial charge is 0.252 e. The molecule has 0 radical (unpaired) electrons. The van der Waals surface area contributed by atoms with Gasteiger partial charge in [0.15, 0.2) is 15.7 Å². The van der Waals surface area contributed by atoms with Gasteiger partial charge in [-0.05, 0) is 12.8 Å². The fourth-order valence-corrected chi connectivity index (χ4v) is 3.43. The van der Waals surface area contributed by atoms with E-state index in [2.05, 4.69) is 10.1 Å². The molecule has 15 heavy (non-hydrogen) atoms. The van der Waals surface area contributed by atoms with E-state index < -0.39 is 9.84 Å². The summed E-state index contributed by atoms with van der Waals surface area (Å²) in [5, 5.41) is 12.4. The molecule has 1 fully saturated rings. The molecule has 1 atom stereocenters. The molecule has 2 heterocycles. The van der Waals surface area contributed by atoms with Crippen LogP contribution >= 0.6 is 0 Å². The molecule has 0 amide bonds. The van der Waals surface area contributed by atoms with Crippen LogP contribution in [0.4, 0.5) is 0 Å². The third kappa shape index (κ3) is 2.35. The zero-order valence-corrected chi connectivity index (χ0v) is 8.90. The molecule has 1 aliphatic rings. The third-order valence-electron chi connectivity index (χ3n) is 2.45. The van der Waals surface area contributed by atoms with Gasteiger partial charge >= 0.3 is 0 Å². The van der Waals surface area contributed by atoms with E-state index in [1.54, 1.807) is 0 Å². The maximum absolute atomic E-state index is 11.4. The highest BCUT2D eigenvalue weighted by Gasteiger charge is 2.29. The Morgan fingerprint density at radius 1 is 1.53 bits per heavy atom. The van der Waals surface area contributed by atoms with Crippen molar-refractivity contribution in [2.45, 2.75) is 25.4 Å². The summed E-state index contributed by atoms with van der Waals surface area (Å²) >= 11 is 0. The van der Waals surface area contributed by atoms with Crippen molar-refractivity contribution in [3.8, 4) is 0 Å². The molecular formula is C8H12N2O4S. The minimum Gasteiger partial charge on any atom is -0.387 e. The van der Waals surface area contributed by atoms with Gasteiger partial charge in [-0.15, -0.1) is 0 Å². The molecule has 0 bridgehead atoms. The van der Waals surface area contributed by atoms with Crippen LogP contribution in [0.3, 0.4) is 0 Å². The lowest BCUT2D eigenvalue weighted by Gasteiger charge is -2.18. The minimum absolute atomic E-state index is 0.0808. The number of aliphatic hydroxyl groups excluding tert-OH is 1. The van der Waals surface area contributed by atoms with Crippen LogP contribution in [-0.2, 0) is 16.4 Å². The molecule has 0 saturated carbocycles. The lowest BCUT2D eigenvalue weighted by Crippen LogP contribution is -2.24. The Hall–Kier alpha value is -0.950. The molecule has 0 spiro atoms. The standard InChI is InChI=1S/C8H12N2O4S/c11-4-7-9-8(10-14-7)6-2-1-3-15(12,13)5-6/h6,11H,1-5H2. The average molecular weight is 232 g/mol. The highest BCUT2D eigenvalue weighted by Crippen LogP contribution is 2.26. The molecule has 0 aromatic carbocycles. The monoisotopic (exact) mass is 232 g/mol. The molecule has 7 heteroatoms. The number of nitrogens with zero attached hydrogens (tertiary/aromatic N) is 2. The number of hydrogen-bond acceptors (Lipinski definition) is 6. The van der Waals surface area contributed by atoms with Gasteiger partial charge in [0.05, 0.1) is 11.5 Å². The Balaban J connectivity index is 2.17. The summed E-state index contributed by atoms with van der Waals surface area (Å²) in [6.07, 6.45) is 1.39. The van der Waals surface area contributed by atoms with E-state index in [0.29, 0.717) is 12.2 Å². The van der Waals surface area contributed by atoms with Gasteiger partial charge in [0.1, 0.15) is 6.61 Å². The second-order valence-electron chi connectivity index (χ2n) is 3.66. The van der Waals surface area contributed by atoms with Crippen LogP contribution in [0.1, 0.15) is 30.5 Å². The zero-order chi connectivity index (χ0) is 10.9. The molecule has 1 aromatic heterocycles. The predicted octanol–water partition coefficient (Wildman–Crippen LogP) is -0.146. The van der Waals surface area contributed by atoms with Crippen molar-refractivity contribution in [3.63, 3.8) is 0 Å². The molecule has 6 nitrogen and oxygen atoms in total. The van der Waals surface area contributed by atoms with Crippen LogP contribution in [0.2, 0.25) is 0 Å². The highest BCUT2D eigenvalue weighted by molar-refractivity contribution is 7.91. The van der Waals surface area contributed by atoms with Crippen molar-refractivity contribution in [2.75, 3.05) is 11.5 Å². The Morgan fingerprint density at radius 2 is 2.33 bits per heavy atom. The van der Waals surface area contributed by atoms with Gasteiger partial charge in [0.25, 0.3) is 5.89 Å². The van der Waals surface area contributed by atoms with Crippen molar-refractivity contribution in [1.29, 1.82) is 0 Å². The molecular weight excluding hydrogens is 220 g/mol. The van der Waals surface area contributed by atoms with E-state index in [-0.39, 0.29) is 29.9 Å². The largest absolute Gasteiger partial charge is 0.387 e. The number of sulfone groups is 1. The van der Waals surface area contributed by atoms with Gasteiger partial charge in [-0.25, -0.2) is 8.42 Å². The number of aromatic nitrogens is 2. The second kappa shape index (κ2) is 3.90. The van der Waals surface area contributed by atoms with Crippen molar-refractivity contribution >= 4 is 9.84 Å². The Bertz CT molecular complexity index is 439. The highest BCUT2D eigenvalue weighted by atomic mass is 32.2. The molecule has 1 aliphatic heterocycles. The number of hydrogen-bond donors (Lipinski definition) is 1. The maximum atomic E-state index is 11.4. The lowest BCUT2D eigenvalue weighted by atomic mass is 10.1. The van der Waals surface area contributed by atoms with Crippen LogP contribution in [-0.4, -0.2) is 35.2 Å². The van der Waals surface area contributed by atoms with Crippen LogP contribution in [0, 0.1) is 0 Å². The normalized spacial score (nSPS) is 25.3. The molecule has 84 valence electrons. The summed E-state index contributed by atoms with van der Waals surface area (Å²) in [5.74, 6) is 0.661. The van der Waals surface area contributed by atoms with Crippen molar-refractivity contribution in [2.24, 2.45) is 0 Å². The summed E-state index contributed by atoms with van der Waals surface area (Å²) in [4.78, 5) is 3.93. The van der Waals surface area contributed by atoms with E-state index in [9.17, 15) is 8.42 Å². The fraction of sp³-hybridized carbons (Fsp3) is 0.750. The van der Waals surface area contributed by atoms with Crippen molar-refractivity contribution in [3.05, 3.63) is 11.7 Å². The third-order valence-corrected chi connectivity index (χ3v) is 4.27. The summed E-state index contributed by atoms with van der Waals surface area (Å²) < 4.78 is 27.5. The summed E-state index contributed by atoms with van der Waals surface area (Å²) in [7, 11) is -2.96. The van der Waals surface area contributed by atoms with E-state index in [1.807, 2.05) is 0 Å². The first-order chi connectivity index (χ1) is 7.11. The van der Waals surface area contributed by atoms with Gasteiger partial charge in [-0.1, -0.05) is 5.16 Å². The molecule has 0 aliphatic carbocycles. The van der Waals surface area contributed by atoms with E-state index in [0.717, 1.165) is 6.42 Å². The van der Waals surface area contributed by atoms with Gasteiger partial charge in [0.2, 0.25) is 0 Å². The molecule has 1 N–H and O–H groups in total. The van der Waals surface area contributed by atoms with E-state index >= 15 is 0 Å². The van der Waals surface area contributed by atoms with Gasteiger partial charge in [-0.3, -0.25) is 0 Å². The summed E-state index contributed by atoms with van der Waals surface area (Å²) in [6.45, 7) is -0.313. The van der Waals surface area contributed by atoms with Crippen LogP contribution in [0.5, 0.6) is 0 Å². The van der Waals surface area contributed by atoms with Gasteiger partial charge in [-0.2, -0.15) is 4.98 Å². The van der Waals surface area contributed by atoms with Crippen LogP contribution in [0.25, 0.3) is 0 Å². The lowest BCUT2D eigenvalue weighted by molar-refractivity contribution is 0.222. The van der Waals surface area contributed by atoms with Gasteiger partial charge < -0.3 is 9.63 Å². The number of aliphatic hydroxyl groups is 1. The minimum atomic E-state index is -2.96. The first kappa shape index (κ1) is 10.6. The zero-order valence-electron chi connectivity index (χ0n) is 8.09. The summed E-state index contributed by atoms with van der Waals surface area (Å²) in [5.41, 5.74) is 0. The Kier molecular flexibility index (Phi) is 2.74. The molecule has 1 unspecified atom stereocenters. The first-order valence-corrected chi connectivity index (χ1v) is 6.56. The first-order valence-electron chi connectivity index (χ1n) is 4.74. The second-order valence-corrected chi connectivity index (χ2v) is 5.89. The summed E-state index contributed by atoms with van der Waals surface area (Å²) in [6, 6.07) is 0. The molecule has 2 rings (SSSR count). The van der Waals surface area contributed by atoms with E-state index in [4.69, 9.17) is 9.63 Å². The molecule has 1 aromatic rings. The quantitative estimate of drug-likeness (QED) is 0.762. The average Bonchev–Trinajstić information content (AvgIpc) is 2.64.